The maximum absolute atomic E-state index is 13.2. The van der Waals surface area contributed by atoms with Gasteiger partial charge in [-0.15, -0.1) is 0 Å². The van der Waals surface area contributed by atoms with E-state index in [-0.39, 0.29) is 24.3 Å². The highest BCUT2D eigenvalue weighted by atomic mass is 35.5. The van der Waals surface area contributed by atoms with Crippen LogP contribution in [0.25, 0.3) is 5.70 Å². The molecule has 1 aliphatic carbocycles. The Morgan fingerprint density at radius 2 is 1.91 bits per heavy atom. The zero-order chi connectivity index (χ0) is 23.8. The number of carbonyl (C=O) groups excluding carboxylic acids is 2. The molecule has 0 radical (unpaired) electrons. The molecule has 8 heteroatoms. The van der Waals surface area contributed by atoms with Crippen LogP contribution in [0.15, 0.2) is 54.1 Å². The summed E-state index contributed by atoms with van der Waals surface area (Å²) < 4.78 is 15.9. The Kier molecular flexibility index (Phi) is 6.19. The van der Waals surface area contributed by atoms with Gasteiger partial charge in [-0.05, 0) is 41.8 Å². The number of ketones is 1. The summed E-state index contributed by atoms with van der Waals surface area (Å²) in [6, 6.07) is 10.4. The van der Waals surface area contributed by atoms with E-state index in [0.717, 1.165) is 10.6 Å². The van der Waals surface area contributed by atoms with Gasteiger partial charge in [-0.25, -0.2) is 9.86 Å². The summed E-state index contributed by atoms with van der Waals surface area (Å²) in [7, 11) is 4.32. The fraction of sp³-hybridized carbons (Fsp3) is 0.280. The van der Waals surface area contributed by atoms with Crippen LogP contribution in [0, 0.1) is 0 Å². The zero-order valence-electron chi connectivity index (χ0n) is 18.6. The van der Waals surface area contributed by atoms with E-state index < -0.39 is 11.5 Å². The van der Waals surface area contributed by atoms with Crippen LogP contribution in [0.4, 0.5) is 0 Å². The Balaban J connectivity index is 1.87. The van der Waals surface area contributed by atoms with Gasteiger partial charge in [0.2, 0.25) is 0 Å². The molecule has 0 bridgehead atoms. The molecule has 4 rings (SSSR count). The van der Waals surface area contributed by atoms with E-state index in [1.807, 2.05) is 0 Å². The minimum Gasteiger partial charge on any atom is -0.497 e. The van der Waals surface area contributed by atoms with E-state index in [2.05, 4.69) is 0 Å². The molecular weight excluding hydrogens is 446 g/mol. The molecule has 0 saturated carbocycles. The van der Waals surface area contributed by atoms with Crippen molar-refractivity contribution in [2.75, 3.05) is 21.3 Å². The molecule has 1 aliphatic heterocycles. The van der Waals surface area contributed by atoms with Gasteiger partial charge in [0.05, 0.1) is 27.0 Å². The molecule has 0 fully saturated rings. The van der Waals surface area contributed by atoms with E-state index in [0.29, 0.717) is 39.6 Å². The third-order valence-electron chi connectivity index (χ3n) is 6.11. The number of hydrogen-bond acceptors (Lipinski definition) is 7. The highest BCUT2D eigenvalue weighted by molar-refractivity contribution is 6.30. The number of hydrogen-bond donors (Lipinski definition) is 1. The molecule has 0 amide bonds. The molecule has 1 atom stereocenters. The zero-order valence-corrected chi connectivity index (χ0v) is 19.3. The van der Waals surface area contributed by atoms with Crippen molar-refractivity contribution in [3.63, 3.8) is 0 Å². The fourth-order valence-electron chi connectivity index (χ4n) is 4.38. The number of allylic oxidation sites excluding steroid dienone is 2. The number of ether oxygens (including phenoxy) is 3. The van der Waals surface area contributed by atoms with Gasteiger partial charge >= 0.3 is 5.97 Å². The van der Waals surface area contributed by atoms with Crippen molar-refractivity contribution in [2.24, 2.45) is 0 Å². The molecule has 1 heterocycles. The number of fused-ring (bicyclic) bond motifs is 2. The standard InChI is InChI=1S/C25H24ClNO6/c1-31-18-7-4-16(22(13-18)32-2)14-25(24(29)33-3)11-10-20-21(28)9-5-15-12-17(26)6-8-19(15)23(20)27(25)30/h4,6-8,10-13,30H,5,9,14H2,1-3H3. The largest absolute Gasteiger partial charge is 0.497 e. The average molecular weight is 470 g/mol. The minimum absolute atomic E-state index is 0.0216. The van der Waals surface area contributed by atoms with Gasteiger partial charge < -0.3 is 14.2 Å². The summed E-state index contributed by atoms with van der Waals surface area (Å²) in [6.45, 7) is 0. The number of nitrogens with zero attached hydrogens (tertiary/aromatic N) is 1. The molecule has 2 aromatic rings. The Morgan fingerprint density at radius 1 is 1.12 bits per heavy atom. The second-order valence-corrected chi connectivity index (χ2v) is 8.34. The first-order valence-corrected chi connectivity index (χ1v) is 10.8. The van der Waals surface area contributed by atoms with Gasteiger partial charge in [0.15, 0.2) is 11.3 Å². The minimum atomic E-state index is -1.63. The molecule has 33 heavy (non-hydrogen) atoms. The van der Waals surface area contributed by atoms with Crippen molar-refractivity contribution in [3.8, 4) is 11.5 Å². The first-order chi connectivity index (χ1) is 15.8. The molecule has 172 valence electrons. The van der Waals surface area contributed by atoms with E-state index >= 15 is 0 Å². The SMILES string of the molecule is COC(=O)C1(Cc2ccc(OC)cc2OC)C=CC2=C(c3ccc(Cl)cc3CCC2=O)N1O. The van der Waals surface area contributed by atoms with Gasteiger partial charge in [-0.2, -0.15) is 0 Å². The number of methoxy groups -OCH3 is 3. The summed E-state index contributed by atoms with van der Waals surface area (Å²) in [5.41, 5.74) is 1.06. The molecule has 1 unspecified atom stereocenters. The lowest BCUT2D eigenvalue weighted by molar-refractivity contribution is -0.170. The number of Topliss-reactive ketones (excluding diaryl/α,β-unsaturated/α-hetero) is 1. The van der Waals surface area contributed by atoms with Gasteiger partial charge in [-0.3, -0.25) is 10.0 Å². The Bertz CT molecular complexity index is 1190. The van der Waals surface area contributed by atoms with Crippen molar-refractivity contribution in [1.82, 2.24) is 5.06 Å². The molecule has 0 saturated heterocycles. The lowest BCUT2D eigenvalue weighted by Gasteiger charge is -2.41. The third-order valence-corrected chi connectivity index (χ3v) is 6.34. The van der Waals surface area contributed by atoms with Crippen LogP contribution in [0.3, 0.4) is 0 Å². The number of esters is 1. The van der Waals surface area contributed by atoms with E-state index in [4.69, 9.17) is 25.8 Å². The molecule has 0 aromatic heterocycles. The smallest absolute Gasteiger partial charge is 0.338 e. The van der Waals surface area contributed by atoms with Crippen LogP contribution >= 0.6 is 11.6 Å². The van der Waals surface area contributed by atoms with Crippen molar-refractivity contribution >= 4 is 29.1 Å². The first kappa shape index (κ1) is 22.9. The number of aryl methyl sites for hydroxylation is 1. The number of hydroxylamine groups is 2. The van der Waals surface area contributed by atoms with Gasteiger partial charge in [-0.1, -0.05) is 29.8 Å². The first-order valence-electron chi connectivity index (χ1n) is 10.4. The van der Waals surface area contributed by atoms with Gasteiger partial charge in [0.25, 0.3) is 0 Å². The van der Waals surface area contributed by atoms with Gasteiger partial charge in [0.1, 0.15) is 11.5 Å². The highest BCUT2D eigenvalue weighted by Gasteiger charge is 2.49. The predicted molar refractivity (Wildman–Crippen MR) is 122 cm³/mol. The second kappa shape index (κ2) is 8.92. The number of rotatable bonds is 5. The summed E-state index contributed by atoms with van der Waals surface area (Å²) in [5, 5.41) is 13.0. The number of halogens is 1. The fourth-order valence-corrected chi connectivity index (χ4v) is 4.57. The van der Waals surface area contributed by atoms with E-state index in [1.165, 1.54) is 20.3 Å². The lowest BCUT2D eigenvalue weighted by Crippen LogP contribution is -2.54. The van der Waals surface area contributed by atoms with Crippen molar-refractivity contribution < 1.29 is 29.0 Å². The molecule has 1 N–H and O–H groups in total. The maximum Gasteiger partial charge on any atom is 0.338 e. The number of benzene rings is 2. The van der Waals surface area contributed by atoms with Crippen molar-refractivity contribution in [3.05, 3.63) is 75.8 Å². The second-order valence-electron chi connectivity index (χ2n) is 7.90. The van der Waals surface area contributed by atoms with Crippen LogP contribution in [0.5, 0.6) is 11.5 Å². The molecule has 2 aromatic carbocycles. The van der Waals surface area contributed by atoms with Crippen molar-refractivity contribution in [1.29, 1.82) is 0 Å². The summed E-state index contributed by atoms with van der Waals surface area (Å²) >= 11 is 6.18. The average Bonchev–Trinajstić information content (AvgIpc) is 2.97. The normalized spacial score (nSPS) is 19.5. The Hall–Kier alpha value is -3.29. The highest BCUT2D eigenvalue weighted by Crippen LogP contribution is 2.42. The van der Waals surface area contributed by atoms with Gasteiger partial charge in [0, 0.05) is 35.1 Å². The topological polar surface area (TPSA) is 85.3 Å². The van der Waals surface area contributed by atoms with Crippen molar-refractivity contribution in [2.45, 2.75) is 24.8 Å². The summed E-state index contributed by atoms with van der Waals surface area (Å²) in [4.78, 5) is 26.1. The van der Waals surface area contributed by atoms with Crippen LogP contribution in [-0.2, 0) is 27.2 Å². The monoisotopic (exact) mass is 469 g/mol. The quantitative estimate of drug-likeness (QED) is 0.662. The predicted octanol–water partition coefficient (Wildman–Crippen LogP) is 4.00. The van der Waals surface area contributed by atoms with Crippen LogP contribution in [0.1, 0.15) is 23.1 Å². The maximum atomic E-state index is 13.2. The number of carbonyl (C=O) groups is 2. The Labute approximate surface area is 196 Å². The van der Waals surface area contributed by atoms with E-state index in [1.54, 1.807) is 49.6 Å². The Morgan fingerprint density at radius 3 is 2.61 bits per heavy atom. The van der Waals surface area contributed by atoms with Crippen LogP contribution < -0.4 is 9.47 Å². The summed E-state index contributed by atoms with van der Waals surface area (Å²) in [5.74, 6) is 0.266. The van der Waals surface area contributed by atoms with Crippen LogP contribution in [-0.4, -0.2) is 48.9 Å². The third kappa shape index (κ3) is 3.87. The molecule has 0 spiro atoms. The van der Waals surface area contributed by atoms with E-state index in [9.17, 15) is 14.8 Å². The van der Waals surface area contributed by atoms with Crippen LogP contribution in [0.2, 0.25) is 5.02 Å². The summed E-state index contributed by atoms with van der Waals surface area (Å²) in [6.07, 6.45) is 3.87. The molecular formula is C25H24ClNO6. The lowest BCUT2D eigenvalue weighted by atomic mass is 9.84. The molecule has 2 aliphatic rings. The molecule has 7 nitrogen and oxygen atoms in total.